The van der Waals surface area contributed by atoms with E-state index in [0.717, 1.165) is 18.8 Å². The molecule has 0 unspecified atom stereocenters. The fraction of sp³-hybridized carbons (Fsp3) is 0.462. The van der Waals surface area contributed by atoms with E-state index in [1.165, 1.54) is 20.0 Å². The van der Waals surface area contributed by atoms with Gasteiger partial charge < -0.3 is 14.4 Å². The van der Waals surface area contributed by atoms with Gasteiger partial charge in [-0.15, -0.1) is 0 Å². The summed E-state index contributed by atoms with van der Waals surface area (Å²) in [6, 6.07) is 5.76. The van der Waals surface area contributed by atoms with Crippen molar-refractivity contribution in [2.24, 2.45) is 0 Å². The van der Waals surface area contributed by atoms with Crippen LogP contribution in [0.5, 0.6) is 5.75 Å². The number of benzene rings is 1. The average molecular weight is 250 g/mol. The largest absolute Gasteiger partial charge is 0.494 e. The number of rotatable bonds is 3. The first-order valence-corrected chi connectivity index (χ1v) is 6.02. The second-order valence-corrected chi connectivity index (χ2v) is 4.20. The second kappa shape index (κ2) is 5.62. The Kier molecular flexibility index (Phi) is 3.92. The van der Waals surface area contributed by atoms with Gasteiger partial charge in [-0.05, 0) is 25.0 Å². The lowest BCUT2D eigenvalue weighted by Gasteiger charge is -2.19. The van der Waals surface area contributed by atoms with Crippen molar-refractivity contribution in [3.63, 3.8) is 0 Å². The molecule has 98 valence electrons. The molecule has 1 heterocycles. The Morgan fingerprint density at radius 1 is 1.28 bits per heavy atom. The molecule has 0 saturated carbocycles. The number of ether oxygens (including phenoxy) is 2. The zero-order valence-electron chi connectivity index (χ0n) is 10.7. The predicted octanol–water partition coefficient (Wildman–Crippen LogP) is 2.47. The first-order valence-electron chi connectivity index (χ1n) is 6.02. The Morgan fingerprint density at radius 3 is 2.61 bits per heavy atom. The summed E-state index contributed by atoms with van der Waals surface area (Å²) in [5, 5.41) is 2.62. The molecule has 0 bridgehead atoms. The van der Waals surface area contributed by atoms with Crippen molar-refractivity contribution in [1.29, 1.82) is 0 Å². The van der Waals surface area contributed by atoms with Gasteiger partial charge in [-0.2, -0.15) is 0 Å². The lowest BCUT2D eigenvalue weighted by Crippen LogP contribution is -2.18. The molecule has 18 heavy (non-hydrogen) atoms. The van der Waals surface area contributed by atoms with E-state index >= 15 is 0 Å². The van der Waals surface area contributed by atoms with Crippen molar-refractivity contribution in [3.05, 3.63) is 18.2 Å². The number of nitrogens with one attached hydrogen (secondary N) is 1. The summed E-state index contributed by atoms with van der Waals surface area (Å²) in [6.07, 6.45) is 1.96. The molecule has 1 aliphatic heterocycles. The van der Waals surface area contributed by atoms with Gasteiger partial charge in [0.25, 0.3) is 0 Å². The zero-order chi connectivity index (χ0) is 13.0. The molecule has 5 heteroatoms. The Morgan fingerprint density at radius 2 is 2.00 bits per heavy atom. The molecule has 5 nitrogen and oxygen atoms in total. The Labute approximate surface area is 107 Å². The first-order chi connectivity index (χ1) is 8.74. The monoisotopic (exact) mass is 250 g/mol. The number of amides is 1. The Hall–Kier alpha value is -1.91. The topological polar surface area (TPSA) is 50.8 Å². The molecule has 0 radical (unpaired) electrons. The summed E-state index contributed by atoms with van der Waals surface area (Å²) in [4.78, 5) is 13.5. The van der Waals surface area contributed by atoms with Gasteiger partial charge in [0.2, 0.25) is 0 Å². The minimum atomic E-state index is -0.498. The zero-order valence-corrected chi connectivity index (χ0v) is 10.7. The molecular formula is C13H18N2O3. The molecule has 1 aliphatic rings. The Balaban J connectivity index is 2.19. The van der Waals surface area contributed by atoms with Crippen LogP contribution in [0.1, 0.15) is 12.8 Å². The molecule has 0 spiro atoms. The summed E-state index contributed by atoms with van der Waals surface area (Å²) in [5.74, 6) is 0.643. The van der Waals surface area contributed by atoms with Crippen LogP contribution in [0, 0.1) is 0 Å². The van der Waals surface area contributed by atoms with Crippen molar-refractivity contribution in [3.8, 4) is 5.75 Å². The van der Waals surface area contributed by atoms with Crippen molar-refractivity contribution in [2.45, 2.75) is 12.8 Å². The molecular weight excluding hydrogens is 232 g/mol. The van der Waals surface area contributed by atoms with Crippen LogP contribution in [0.2, 0.25) is 0 Å². The maximum absolute atomic E-state index is 11.2. The van der Waals surface area contributed by atoms with Crippen LogP contribution in [0.25, 0.3) is 0 Å². The van der Waals surface area contributed by atoms with E-state index in [1.807, 2.05) is 18.2 Å². The van der Waals surface area contributed by atoms with E-state index in [2.05, 4.69) is 15.0 Å². The highest BCUT2D eigenvalue weighted by atomic mass is 16.5. The molecule has 1 fully saturated rings. The number of methoxy groups -OCH3 is 2. The predicted molar refractivity (Wildman–Crippen MR) is 70.5 cm³/mol. The first kappa shape index (κ1) is 12.5. The fourth-order valence-electron chi connectivity index (χ4n) is 2.12. The maximum Gasteiger partial charge on any atom is 0.411 e. The lowest BCUT2D eigenvalue weighted by atomic mass is 10.2. The van der Waals surface area contributed by atoms with Crippen LogP contribution in [0.15, 0.2) is 18.2 Å². The van der Waals surface area contributed by atoms with E-state index in [-0.39, 0.29) is 0 Å². The second-order valence-electron chi connectivity index (χ2n) is 4.20. The fourth-order valence-corrected chi connectivity index (χ4v) is 2.12. The highest BCUT2D eigenvalue weighted by Crippen LogP contribution is 2.31. The highest BCUT2D eigenvalue weighted by molar-refractivity contribution is 5.87. The third kappa shape index (κ3) is 2.67. The van der Waals surface area contributed by atoms with E-state index in [1.54, 1.807) is 7.11 Å². The molecule has 1 amide bonds. The number of hydrogen-bond donors (Lipinski definition) is 1. The standard InChI is InChI=1S/C13H18N2O3/c1-17-12-9-10(15-7-3-4-8-15)5-6-11(12)14-13(16)18-2/h5-6,9H,3-4,7-8H2,1-2H3,(H,14,16). The van der Waals surface area contributed by atoms with E-state index in [0.29, 0.717) is 11.4 Å². The molecule has 0 aromatic heterocycles. The third-order valence-electron chi connectivity index (χ3n) is 3.08. The smallest absolute Gasteiger partial charge is 0.411 e. The van der Waals surface area contributed by atoms with E-state index < -0.39 is 6.09 Å². The van der Waals surface area contributed by atoms with Gasteiger partial charge in [0.15, 0.2) is 0 Å². The molecule has 2 rings (SSSR count). The van der Waals surface area contributed by atoms with Gasteiger partial charge in [0, 0.05) is 24.8 Å². The van der Waals surface area contributed by atoms with Crippen LogP contribution in [-0.4, -0.2) is 33.4 Å². The van der Waals surface area contributed by atoms with Crippen LogP contribution in [0.3, 0.4) is 0 Å². The molecule has 1 N–H and O–H groups in total. The van der Waals surface area contributed by atoms with Crippen molar-refractivity contribution in [1.82, 2.24) is 0 Å². The minimum absolute atomic E-state index is 0.498. The number of carbonyl (C=O) groups excluding carboxylic acids is 1. The number of anilines is 2. The summed E-state index contributed by atoms with van der Waals surface area (Å²) < 4.78 is 9.86. The quantitative estimate of drug-likeness (QED) is 0.895. The molecule has 1 aromatic carbocycles. The lowest BCUT2D eigenvalue weighted by molar-refractivity contribution is 0.187. The van der Waals surface area contributed by atoms with Gasteiger partial charge >= 0.3 is 6.09 Å². The SMILES string of the molecule is COC(=O)Nc1ccc(N2CCCC2)cc1OC. The van der Waals surface area contributed by atoms with Gasteiger partial charge in [-0.25, -0.2) is 4.79 Å². The van der Waals surface area contributed by atoms with Crippen LogP contribution < -0.4 is 15.0 Å². The van der Waals surface area contributed by atoms with Crippen molar-refractivity contribution >= 4 is 17.5 Å². The summed E-state index contributed by atoms with van der Waals surface area (Å²) in [6.45, 7) is 2.15. The number of nitrogens with zero attached hydrogens (tertiary/aromatic N) is 1. The summed E-state index contributed by atoms with van der Waals surface area (Å²) in [7, 11) is 2.92. The van der Waals surface area contributed by atoms with Gasteiger partial charge in [-0.1, -0.05) is 0 Å². The highest BCUT2D eigenvalue weighted by Gasteiger charge is 2.15. The molecule has 1 aromatic rings. The normalized spacial score (nSPS) is 14.4. The van der Waals surface area contributed by atoms with Gasteiger partial charge in [0.1, 0.15) is 5.75 Å². The molecule has 0 aliphatic carbocycles. The van der Waals surface area contributed by atoms with E-state index in [4.69, 9.17) is 4.74 Å². The summed E-state index contributed by atoms with van der Waals surface area (Å²) in [5.41, 5.74) is 1.74. The van der Waals surface area contributed by atoms with Gasteiger partial charge in [-0.3, -0.25) is 5.32 Å². The van der Waals surface area contributed by atoms with E-state index in [9.17, 15) is 4.79 Å². The molecule has 0 atom stereocenters. The Bertz CT molecular complexity index is 428. The average Bonchev–Trinajstić information content (AvgIpc) is 2.93. The molecule has 1 saturated heterocycles. The van der Waals surface area contributed by atoms with Crippen LogP contribution >= 0.6 is 0 Å². The van der Waals surface area contributed by atoms with Crippen LogP contribution in [0.4, 0.5) is 16.2 Å². The van der Waals surface area contributed by atoms with Crippen molar-refractivity contribution < 1.29 is 14.3 Å². The van der Waals surface area contributed by atoms with Gasteiger partial charge in [0.05, 0.1) is 19.9 Å². The van der Waals surface area contributed by atoms with Crippen LogP contribution in [-0.2, 0) is 4.74 Å². The summed E-state index contributed by atoms with van der Waals surface area (Å²) >= 11 is 0. The minimum Gasteiger partial charge on any atom is -0.494 e. The third-order valence-corrected chi connectivity index (χ3v) is 3.08. The number of hydrogen-bond acceptors (Lipinski definition) is 4. The maximum atomic E-state index is 11.2. The van der Waals surface area contributed by atoms with Crippen molar-refractivity contribution in [2.75, 3.05) is 37.5 Å². The number of carbonyl (C=O) groups is 1.